The van der Waals surface area contributed by atoms with E-state index in [4.69, 9.17) is 9.84 Å². The van der Waals surface area contributed by atoms with Crippen LogP contribution in [0.15, 0.2) is 23.4 Å². The molecule has 2 heterocycles. The van der Waals surface area contributed by atoms with Crippen LogP contribution in [0.5, 0.6) is 0 Å². The lowest BCUT2D eigenvalue weighted by Crippen LogP contribution is -2.33. The van der Waals surface area contributed by atoms with Crippen molar-refractivity contribution >= 4 is 28.7 Å². The Bertz CT molecular complexity index is 1240. The predicted octanol–water partition coefficient (Wildman–Crippen LogP) is 1.19. The molecule has 0 bridgehead atoms. The van der Waals surface area contributed by atoms with Crippen LogP contribution in [0.4, 0.5) is 14.6 Å². The van der Waals surface area contributed by atoms with Crippen molar-refractivity contribution in [3.8, 4) is 0 Å². The topological polar surface area (TPSA) is 170 Å². The zero-order valence-corrected chi connectivity index (χ0v) is 20.9. The van der Waals surface area contributed by atoms with E-state index in [1.807, 2.05) is 0 Å². The summed E-state index contributed by atoms with van der Waals surface area (Å²) < 4.78 is 34.0. The van der Waals surface area contributed by atoms with Gasteiger partial charge in [0.1, 0.15) is 12.2 Å². The van der Waals surface area contributed by atoms with Crippen LogP contribution in [-0.2, 0) is 4.74 Å². The molecule has 5 rings (SSSR count). The van der Waals surface area contributed by atoms with Gasteiger partial charge in [-0.2, -0.15) is 0 Å². The minimum absolute atomic E-state index is 0. The number of rotatable bonds is 10. The SMILES string of the molecule is CCCSc1nc(N[C@@H]2C[C@H]2c2ccc(F)c(F)c2)c2nnn(C3C[C@H](OCCO)[C@@H](O)[C@H]3O)c2n1.O. The maximum atomic E-state index is 13.7. The van der Waals surface area contributed by atoms with E-state index in [-0.39, 0.29) is 37.1 Å². The average molecular weight is 541 g/mol. The Morgan fingerprint density at radius 1 is 1.16 bits per heavy atom. The van der Waals surface area contributed by atoms with Gasteiger partial charge in [0.05, 0.1) is 25.4 Å². The van der Waals surface area contributed by atoms with Gasteiger partial charge in [-0.1, -0.05) is 30.0 Å². The number of hydrogen-bond acceptors (Lipinski definition) is 10. The number of hydrogen-bond donors (Lipinski definition) is 4. The molecule has 6 atom stereocenters. The van der Waals surface area contributed by atoms with Gasteiger partial charge < -0.3 is 30.8 Å². The van der Waals surface area contributed by atoms with Crippen molar-refractivity contribution in [3.63, 3.8) is 0 Å². The zero-order valence-electron chi connectivity index (χ0n) is 20.1. The van der Waals surface area contributed by atoms with Gasteiger partial charge in [0.2, 0.25) is 0 Å². The number of benzene rings is 1. The second-order valence-corrected chi connectivity index (χ2v) is 10.2. The van der Waals surface area contributed by atoms with Gasteiger partial charge in [-0.3, -0.25) is 0 Å². The van der Waals surface area contributed by atoms with Crippen molar-refractivity contribution in [2.45, 2.75) is 67.7 Å². The van der Waals surface area contributed by atoms with Crippen LogP contribution < -0.4 is 5.32 Å². The molecule has 0 amide bonds. The molecule has 11 nitrogen and oxygen atoms in total. The summed E-state index contributed by atoms with van der Waals surface area (Å²) in [5.74, 6) is -0.472. The largest absolute Gasteiger partial charge is 0.412 e. The number of thioether (sulfide) groups is 1. The van der Waals surface area contributed by atoms with E-state index in [1.165, 1.54) is 22.5 Å². The van der Waals surface area contributed by atoms with Gasteiger partial charge in [-0.05, 0) is 30.5 Å². The van der Waals surface area contributed by atoms with Gasteiger partial charge >= 0.3 is 0 Å². The molecule has 2 fully saturated rings. The van der Waals surface area contributed by atoms with Crippen LogP contribution in [0.2, 0.25) is 0 Å². The highest BCUT2D eigenvalue weighted by atomic mass is 32.2. The third-order valence-electron chi connectivity index (χ3n) is 6.56. The molecule has 0 saturated heterocycles. The molecule has 0 radical (unpaired) electrons. The van der Waals surface area contributed by atoms with Crippen LogP contribution >= 0.6 is 11.8 Å². The Morgan fingerprint density at radius 2 is 1.97 bits per heavy atom. The van der Waals surface area contributed by atoms with Crippen molar-refractivity contribution in [2.24, 2.45) is 0 Å². The average Bonchev–Trinajstić information content (AvgIpc) is 3.41. The maximum absolute atomic E-state index is 13.7. The van der Waals surface area contributed by atoms with Crippen molar-refractivity contribution in [1.29, 1.82) is 0 Å². The van der Waals surface area contributed by atoms with Gasteiger partial charge in [-0.15, -0.1) is 5.10 Å². The van der Waals surface area contributed by atoms with Gasteiger partial charge in [0.15, 0.2) is 33.8 Å². The number of fused-ring (bicyclic) bond motifs is 1. The number of aliphatic hydroxyl groups is 3. The second kappa shape index (κ2) is 11.5. The summed E-state index contributed by atoms with van der Waals surface area (Å²) in [4.78, 5) is 9.27. The number of nitrogens with zero attached hydrogens (tertiary/aromatic N) is 5. The number of nitrogens with one attached hydrogen (secondary N) is 1. The van der Waals surface area contributed by atoms with Crippen molar-refractivity contribution in [2.75, 3.05) is 24.3 Å². The fourth-order valence-corrected chi connectivity index (χ4v) is 5.31. The fourth-order valence-electron chi connectivity index (χ4n) is 4.61. The Hall–Kier alpha value is -2.49. The molecule has 6 N–H and O–H groups in total. The molecule has 2 aliphatic carbocycles. The standard InChI is InChI=1S/C23H28F2N6O4S.H2O/c1-2-7-36-23-27-21(26-15-9-12(15)11-3-4-13(24)14(25)8-11)18-22(28-23)31(30-29-18)16-10-17(35-6-5-32)20(34)19(16)33;/h3-4,8,12,15-17,19-20,32-34H,2,5-7,9-10H2,1H3,(H,26,27,28);1H2/t12-,15+,16?,17-,19-,20+;/m0./s1. The molecule has 1 aromatic carbocycles. The smallest absolute Gasteiger partial charge is 0.191 e. The Labute approximate surface area is 215 Å². The summed E-state index contributed by atoms with van der Waals surface area (Å²) in [5, 5.41) is 42.5. The predicted molar refractivity (Wildman–Crippen MR) is 131 cm³/mol. The number of aromatic nitrogens is 5. The van der Waals surface area contributed by atoms with E-state index in [0.29, 0.717) is 27.7 Å². The molecule has 2 aliphatic rings. The van der Waals surface area contributed by atoms with Crippen molar-refractivity contribution in [3.05, 3.63) is 35.4 Å². The Balaban J connectivity index is 0.00000320. The monoisotopic (exact) mass is 540 g/mol. The highest BCUT2D eigenvalue weighted by molar-refractivity contribution is 7.99. The molecule has 3 aromatic rings. The summed E-state index contributed by atoms with van der Waals surface area (Å²) in [6.07, 6.45) is -1.04. The van der Waals surface area contributed by atoms with Crippen LogP contribution in [0.25, 0.3) is 11.2 Å². The first-order valence-electron chi connectivity index (χ1n) is 12.0. The van der Waals surface area contributed by atoms with Crippen LogP contribution in [0.3, 0.4) is 0 Å². The van der Waals surface area contributed by atoms with E-state index in [2.05, 4.69) is 32.5 Å². The van der Waals surface area contributed by atoms with Crippen molar-refractivity contribution < 1.29 is 34.3 Å². The van der Waals surface area contributed by atoms with E-state index in [1.54, 1.807) is 6.07 Å². The Kier molecular flexibility index (Phi) is 8.56. The molecule has 37 heavy (non-hydrogen) atoms. The summed E-state index contributed by atoms with van der Waals surface area (Å²) in [5.41, 5.74) is 1.53. The van der Waals surface area contributed by atoms with Gasteiger partial charge in [-0.25, -0.2) is 23.4 Å². The summed E-state index contributed by atoms with van der Waals surface area (Å²) >= 11 is 1.48. The molecule has 202 valence electrons. The van der Waals surface area contributed by atoms with E-state index in [9.17, 15) is 19.0 Å². The lowest BCUT2D eigenvalue weighted by molar-refractivity contribution is -0.0629. The molecule has 2 saturated carbocycles. The van der Waals surface area contributed by atoms with E-state index < -0.39 is 36.0 Å². The molecular weight excluding hydrogens is 510 g/mol. The Morgan fingerprint density at radius 3 is 2.70 bits per heavy atom. The third kappa shape index (κ3) is 5.54. The van der Waals surface area contributed by atoms with Crippen LogP contribution in [-0.4, -0.2) is 89.1 Å². The highest BCUT2D eigenvalue weighted by Crippen LogP contribution is 2.44. The quantitative estimate of drug-likeness (QED) is 0.216. The first-order chi connectivity index (χ1) is 17.4. The number of aliphatic hydroxyl groups excluding tert-OH is 3. The number of halogens is 2. The maximum Gasteiger partial charge on any atom is 0.191 e. The molecule has 0 aliphatic heterocycles. The normalized spacial score (nSPS) is 26.9. The van der Waals surface area contributed by atoms with Crippen LogP contribution in [0, 0.1) is 11.6 Å². The zero-order chi connectivity index (χ0) is 25.4. The first-order valence-corrected chi connectivity index (χ1v) is 13.0. The molecular formula is C23H30F2N6O5S. The third-order valence-corrected chi connectivity index (χ3v) is 7.61. The van der Waals surface area contributed by atoms with Crippen molar-refractivity contribution in [1.82, 2.24) is 25.0 Å². The van der Waals surface area contributed by atoms with E-state index >= 15 is 0 Å². The molecule has 1 unspecified atom stereocenters. The minimum Gasteiger partial charge on any atom is -0.412 e. The van der Waals surface area contributed by atoms with Gasteiger partial charge in [0, 0.05) is 24.1 Å². The second-order valence-electron chi connectivity index (χ2n) is 9.09. The molecule has 0 spiro atoms. The molecule has 14 heteroatoms. The van der Waals surface area contributed by atoms with E-state index in [0.717, 1.165) is 24.7 Å². The highest BCUT2D eigenvalue weighted by Gasteiger charge is 2.45. The fraction of sp³-hybridized carbons (Fsp3) is 0.565. The first kappa shape index (κ1) is 27.5. The number of anilines is 1. The minimum atomic E-state index is -1.15. The van der Waals surface area contributed by atoms with Crippen LogP contribution in [0.1, 0.15) is 43.7 Å². The van der Waals surface area contributed by atoms with Gasteiger partial charge in [0.25, 0.3) is 0 Å². The summed E-state index contributed by atoms with van der Waals surface area (Å²) in [6, 6.07) is 3.26. The number of ether oxygens (including phenoxy) is 1. The summed E-state index contributed by atoms with van der Waals surface area (Å²) in [6.45, 7) is 1.91. The lowest BCUT2D eigenvalue weighted by Gasteiger charge is -2.17. The lowest BCUT2D eigenvalue weighted by atomic mass is 10.1. The summed E-state index contributed by atoms with van der Waals surface area (Å²) in [7, 11) is 0. The molecule has 2 aromatic heterocycles.